The highest BCUT2D eigenvalue weighted by atomic mass is 16.5. The third-order valence-corrected chi connectivity index (χ3v) is 4.54. The maximum atomic E-state index is 5.22. The summed E-state index contributed by atoms with van der Waals surface area (Å²) in [6, 6.07) is 13.9. The molecule has 0 aliphatic heterocycles. The second kappa shape index (κ2) is 6.48. The molecule has 2 aromatic heterocycles. The SMILES string of the molecule is COc1ccc(-n2ncc3c(Nc4cccc(C)c4C)ncnc32)cc1. The molecule has 0 aliphatic rings. The number of rotatable bonds is 4. The van der Waals surface area contributed by atoms with Crippen molar-refractivity contribution in [2.45, 2.75) is 13.8 Å². The van der Waals surface area contributed by atoms with E-state index in [4.69, 9.17) is 4.74 Å². The van der Waals surface area contributed by atoms with Crippen LogP contribution in [0.3, 0.4) is 0 Å². The molecule has 0 saturated heterocycles. The van der Waals surface area contributed by atoms with Crippen LogP contribution in [0.15, 0.2) is 55.0 Å². The van der Waals surface area contributed by atoms with Crippen molar-refractivity contribution in [3.05, 3.63) is 66.1 Å². The first-order valence-electron chi connectivity index (χ1n) is 8.34. The minimum atomic E-state index is 0.739. The van der Waals surface area contributed by atoms with Crippen molar-refractivity contribution >= 4 is 22.5 Å². The zero-order valence-electron chi connectivity index (χ0n) is 14.9. The fraction of sp³-hybridized carbons (Fsp3) is 0.150. The van der Waals surface area contributed by atoms with Crippen LogP contribution in [0, 0.1) is 13.8 Å². The van der Waals surface area contributed by atoms with E-state index in [1.54, 1.807) is 24.3 Å². The Labute approximate surface area is 151 Å². The van der Waals surface area contributed by atoms with E-state index in [1.807, 2.05) is 36.4 Å². The first-order valence-corrected chi connectivity index (χ1v) is 8.34. The molecule has 130 valence electrons. The predicted molar refractivity (Wildman–Crippen MR) is 102 cm³/mol. The maximum Gasteiger partial charge on any atom is 0.168 e. The molecule has 0 spiro atoms. The molecule has 6 nitrogen and oxygen atoms in total. The van der Waals surface area contributed by atoms with Gasteiger partial charge in [-0.25, -0.2) is 14.6 Å². The third kappa shape index (κ3) is 2.75. The smallest absolute Gasteiger partial charge is 0.168 e. The number of fused-ring (bicyclic) bond motifs is 1. The van der Waals surface area contributed by atoms with Crippen LogP contribution in [0.25, 0.3) is 16.7 Å². The Morgan fingerprint density at radius 2 is 1.81 bits per heavy atom. The van der Waals surface area contributed by atoms with Crippen molar-refractivity contribution in [3.8, 4) is 11.4 Å². The average Bonchev–Trinajstić information content (AvgIpc) is 3.11. The highest BCUT2D eigenvalue weighted by Gasteiger charge is 2.12. The normalized spacial score (nSPS) is 10.9. The number of hydrogen-bond donors (Lipinski definition) is 1. The van der Waals surface area contributed by atoms with Crippen LogP contribution < -0.4 is 10.1 Å². The number of nitrogens with zero attached hydrogens (tertiary/aromatic N) is 4. The molecular weight excluding hydrogens is 326 g/mol. The van der Waals surface area contributed by atoms with Gasteiger partial charge >= 0.3 is 0 Å². The van der Waals surface area contributed by atoms with Crippen LogP contribution in [0.2, 0.25) is 0 Å². The van der Waals surface area contributed by atoms with Gasteiger partial charge in [-0.1, -0.05) is 12.1 Å². The zero-order valence-corrected chi connectivity index (χ0v) is 14.9. The van der Waals surface area contributed by atoms with E-state index >= 15 is 0 Å². The molecule has 6 heteroatoms. The summed E-state index contributed by atoms with van der Waals surface area (Å²) in [7, 11) is 1.65. The van der Waals surface area contributed by atoms with Crippen LogP contribution in [-0.4, -0.2) is 26.9 Å². The van der Waals surface area contributed by atoms with Crippen LogP contribution in [0.1, 0.15) is 11.1 Å². The van der Waals surface area contributed by atoms with E-state index < -0.39 is 0 Å². The lowest BCUT2D eigenvalue weighted by Gasteiger charge is -2.11. The molecule has 0 atom stereocenters. The summed E-state index contributed by atoms with van der Waals surface area (Å²) in [5, 5.41) is 8.78. The molecule has 0 fully saturated rings. The zero-order chi connectivity index (χ0) is 18.1. The van der Waals surface area contributed by atoms with Crippen molar-refractivity contribution in [1.82, 2.24) is 19.7 Å². The van der Waals surface area contributed by atoms with E-state index in [9.17, 15) is 0 Å². The lowest BCUT2D eigenvalue weighted by Crippen LogP contribution is -2.00. The summed E-state index contributed by atoms with van der Waals surface area (Å²) in [5.74, 6) is 1.54. The van der Waals surface area contributed by atoms with E-state index in [-0.39, 0.29) is 0 Å². The van der Waals surface area contributed by atoms with Gasteiger partial charge in [0.25, 0.3) is 0 Å². The van der Waals surface area contributed by atoms with Gasteiger partial charge in [0.15, 0.2) is 5.65 Å². The quantitative estimate of drug-likeness (QED) is 0.601. The molecule has 2 aromatic carbocycles. The van der Waals surface area contributed by atoms with Crippen molar-refractivity contribution in [3.63, 3.8) is 0 Å². The summed E-state index contributed by atoms with van der Waals surface area (Å²) in [5.41, 5.74) is 5.12. The van der Waals surface area contributed by atoms with Crippen molar-refractivity contribution < 1.29 is 4.74 Å². The van der Waals surface area contributed by atoms with Gasteiger partial charge in [0.05, 0.1) is 24.4 Å². The molecule has 0 unspecified atom stereocenters. The summed E-state index contributed by atoms with van der Waals surface area (Å²) >= 11 is 0. The van der Waals surface area contributed by atoms with Gasteiger partial charge in [0.2, 0.25) is 0 Å². The van der Waals surface area contributed by atoms with Crippen LogP contribution in [0.5, 0.6) is 5.75 Å². The van der Waals surface area contributed by atoms with Gasteiger partial charge < -0.3 is 10.1 Å². The van der Waals surface area contributed by atoms with Gasteiger partial charge in [-0.05, 0) is 55.3 Å². The van der Waals surface area contributed by atoms with Gasteiger partial charge in [0.1, 0.15) is 17.9 Å². The molecule has 0 radical (unpaired) electrons. The largest absolute Gasteiger partial charge is 0.497 e. The fourth-order valence-electron chi connectivity index (χ4n) is 2.87. The predicted octanol–water partition coefficient (Wildman–Crippen LogP) is 4.18. The average molecular weight is 345 g/mol. The number of hydrogen-bond acceptors (Lipinski definition) is 5. The van der Waals surface area contributed by atoms with E-state index in [1.165, 1.54) is 11.1 Å². The Hall–Kier alpha value is -3.41. The molecular formula is C20H19N5O. The molecule has 2 heterocycles. The van der Waals surface area contributed by atoms with Crippen LogP contribution >= 0.6 is 0 Å². The number of anilines is 2. The Balaban J connectivity index is 1.76. The van der Waals surface area contributed by atoms with E-state index in [0.717, 1.165) is 34.0 Å². The number of aromatic nitrogens is 4. The molecule has 0 amide bonds. The monoisotopic (exact) mass is 345 g/mol. The molecule has 4 rings (SSSR count). The second-order valence-corrected chi connectivity index (χ2v) is 6.09. The fourth-order valence-corrected chi connectivity index (χ4v) is 2.87. The van der Waals surface area contributed by atoms with Crippen molar-refractivity contribution in [2.75, 3.05) is 12.4 Å². The van der Waals surface area contributed by atoms with Crippen molar-refractivity contribution in [1.29, 1.82) is 0 Å². The molecule has 1 N–H and O–H groups in total. The summed E-state index contributed by atoms with van der Waals surface area (Å²) in [6.45, 7) is 4.19. The lowest BCUT2D eigenvalue weighted by molar-refractivity contribution is 0.414. The summed E-state index contributed by atoms with van der Waals surface area (Å²) < 4.78 is 7.01. The number of benzene rings is 2. The minimum Gasteiger partial charge on any atom is -0.497 e. The minimum absolute atomic E-state index is 0.739. The topological polar surface area (TPSA) is 64.9 Å². The second-order valence-electron chi connectivity index (χ2n) is 6.09. The van der Waals surface area contributed by atoms with Crippen LogP contribution in [0.4, 0.5) is 11.5 Å². The standard InChI is InChI=1S/C20H19N5O/c1-13-5-4-6-18(14(13)2)24-19-17-11-23-25(20(17)22-12-21-19)15-7-9-16(26-3)10-8-15/h4-12H,1-3H3,(H,21,22,24). The van der Waals surface area contributed by atoms with E-state index in [2.05, 4.69) is 40.3 Å². The Morgan fingerprint density at radius 1 is 1.00 bits per heavy atom. The molecule has 0 bridgehead atoms. The highest BCUT2D eigenvalue weighted by molar-refractivity contribution is 5.89. The lowest BCUT2D eigenvalue weighted by atomic mass is 10.1. The molecule has 0 aliphatic carbocycles. The van der Waals surface area contributed by atoms with Gasteiger partial charge in [0, 0.05) is 5.69 Å². The molecule has 26 heavy (non-hydrogen) atoms. The molecule has 4 aromatic rings. The number of aryl methyl sites for hydroxylation is 1. The van der Waals surface area contributed by atoms with Crippen LogP contribution in [-0.2, 0) is 0 Å². The Kier molecular flexibility index (Phi) is 4.01. The van der Waals surface area contributed by atoms with Gasteiger partial charge in [-0.2, -0.15) is 5.10 Å². The van der Waals surface area contributed by atoms with Gasteiger partial charge in [-0.3, -0.25) is 0 Å². The first kappa shape index (κ1) is 16.1. The maximum absolute atomic E-state index is 5.22. The van der Waals surface area contributed by atoms with Crippen molar-refractivity contribution in [2.24, 2.45) is 0 Å². The molecule has 0 saturated carbocycles. The summed E-state index contributed by atoms with van der Waals surface area (Å²) in [6.07, 6.45) is 3.34. The number of nitrogens with one attached hydrogen (secondary N) is 1. The first-order chi connectivity index (χ1) is 12.7. The van der Waals surface area contributed by atoms with E-state index in [0.29, 0.717) is 0 Å². The number of ether oxygens (including phenoxy) is 1. The third-order valence-electron chi connectivity index (χ3n) is 4.54. The number of methoxy groups -OCH3 is 1. The van der Waals surface area contributed by atoms with Gasteiger partial charge in [-0.15, -0.1) is 0 Å². The summed E-state index contributed by atoms with van der Waals surface area (Å²) in [4.78, 5) is 8.83. The Bertz CT molecular complexity index is 1070. The Morgan fingerprint density at radius 3 is 2.58 bits per heavy atom. The highest BCUT2D eigenvalue weighted by Crippen LogP contribution is 2.27.